The maximum absolute atomic E-state index is 13.9. The van der Waals surface area contributed by atoms with Crippen LogP contribution in [0.4, 0.5) is 9.18 Å². The van der Waals surface area contributed by atoms with E-state index in [1.165, 1.54) is 6.07 Å². The molecule has 2 rings (SSSR count). The average Bonchev–Trinajstić information content (AvgIpc) is 2.61. The minimum atomic E-state index is -0.556. The summed E-state index contributed by atoms with van der Waals surface area (Å²) in [5.74, 6) is -0.177. The fourth-order valence-electron chi connectivity index (χ4n) is 2.61. The predicted octanol–water partition coefficient (Wildman–Crippen LogP) is 3.51. The Morgan fingerprint density at radius 3 is 2.70 bits per heavy atom. The summed E-state index contributed by atoms with van der Waals surface area (Å²) in [4.78, 5) is 12.5. The van der Waals surface area contributed by atoms with Gasteiger partial charge in [-0.25, -0.2) is 9.18 Å². The first-order chi connectivity index (χ1) is 10.8. The topological polar surface area (TPSA) is 50.4 Å². The average molecular weight is 338 g/mol. The molecule has 1 saturated heterocycles. The van der Waals surface area contributed by atoms with Gasteiger partial charge < -0.3 is 15.4 Å². The molecule has 1 aromatic rings. The molecule has 2 atom stereocenters. The molecule has 1 aromatic carbocycles. The fraction of sp³-hybridized carbons (Fsp3) is 0.529. The number of amides is 1. The number of hydrogen-bond donors (Lipinski definition) is 2. The molecule has 0 unspecified atom stereocenters. The van der Waals surface area contributed by atoms with Crippen LogP contribution < -0.4 is 10.6 Å². The highest BCUT2D eigenvalue weighted by atomic mass is 32.1. The fourth-order valence-corrected chi connectivity index (χ4v) is 2.87. The molecule has 1 aliphatic heterocycles. The Morgan fingerprint density at radius 1 is 1.35 bits per heavy atom. The van der Waals surface area contributed by atoms with E-state index in [2.05, 4.69) is 10.6 Å². The number of carbonyl (C=O) groups excluding carboxylic acids is 1. The Morgan fingerprint density at radius 2 is 2.04 bits per heavy atom. The second-order valence-electron chi connectivity index (χ2n) is 6.74. The van der Waals surface area contributed by atoms with Crippen molar-refractivity contribution in [3.8, 4) is 0 Å². The van der Waals surface area contributed by atoms with E-state index in [-0.39, 0.29) is 17.8 Å². The number of benzene rings is 1. The third kappa shape index (κ3) is 5.16. The highest BCUT2D eigenvalue weighted by Crippen LogP contribution is 2.26. The Hall–Kier alpha value is -1.69. The molecule has 0 radical (unpaired) electrons. The lowest BCUT2D eigenvalue weighted by atomic mass is 9.93. The molecular formula is C17H23FN2O2S. The van der Waals surface area contributed by atoms with E-state index in [1.807, 2.05) is 26.8 Å². The molecule has 6 heteroatoms. The minimum Gasteiger partial charge on any atom is -0.444 e. The molecule has 126 valence electrons. The number of thiocarbonyl (C=S) groups is 1. The Kier molecular flexibility index (Phi) is 5.57. The standard InChI is InChI=1S/C17H23FN2O2S/c1-17(2,3)22-16(21)20-14-9-8-11(10-19-15(14)23)12-6-4-5-7-13(12)18/h4-7,11,14H,8-10H2,1-3H3,(H,19,23)(H,20,21)/t11-,14-/m1/s1. The quantitative estimate of drug-likeness (QED) is 0.810. The summed E-state index contributed by atoms with van der Waals surface area (Å²) in [6.45, 7) is 5.99. The van der Waals surface area contributed by atoms with Crippen molar-refractivity contribution < 1.29 is 13.9 Å². The summed E-state index contributed by atoms with van der Waals surface area (Å²) in [6, 6.07) is 6.48. The minimum absolute atomic E-state index is 0.0274. The van der Waals surface area contributed by atoms with Crippen LogP contribution in [0.1, 0.15) is 45.1 Å². The van der Waals surface area contributed by atoms with Crippen molar-refractivity contribution in [3.05, 3.63) is 35.6 Å². The van der Waals surface area contributed by atoms with Crippen LogP contribution in [0, 0.1) is 5.82 Å². The highest BCUT2D eigenvalue weighted by molar-refractivity contribution is 7.80. The van der Waals surface area contributed by atoms with Crippen molar-refractivity contribution in [2.45, 2.75) is 51.2 Å². The van der Waals surface area contributed by atoms with Gasteiger partial charge in [-0.15, -0.1) is 0 Å². The van der Waals surface area contributed by atoms with Crippen molar-refractivity contribution >= 4 is 23.3 Å². The van der Waals surface area contributed by atoms with Crippen molar-refractivity contribution in [2.75, 3.05) is 6.54 Å². The van der Waals surface area contributed by atoms with Gasteiger partial charge in [0.1, 0.15) is 11.4 Å². The van der Waals surface area contributed by atoms with Gasteiger partial charge >= 0.3 is 6.09 Å². The molecule has 0 bridgehead atoms. The lowest BCUT2D eigenvalue weighted by Gasteiger charge is -2.23. The molecule has 1 heterocycles. The van der Waals surface area contributed by atoms with Crippen molar-refractivity contribution in [2.24, 2.45) is 0 Å². The highest BCUT2D eigenvalue weighted by Gasteiger charge is 2.27. The van der Waals surface area contributed by atoms with Crippen LogP contribution in [0.15, 0.2) is 24.3 Å². The number of ether oxygens (including phenoxy) is 1. The summed E-state index contributed by atoms with van der Waals surface area (Å²) < 4.78 is 19.2. The van der Waals surface area contributed by atoms with Crippen molar-refractivity contribution in [1.29, 1.82) is 0 Å². The molecule has 0 saturated carbocycles. The number of alkyl carbamates (subject to hydrolysis) is 1. The summed E-state index contributed by atoms with van der Waals surface area (Å²) >= 11 is 5.33. The second kappa shape index (κ2) is 7.25. The van der Waals surface area contributed by atoms with Gasteiger partial charge in [0.2, 0.25) is 0 Å². The molecule has 1 amide bonds. The zero-order valence-corrected chi connectivity index (χ0v) is 14.5. The van der Waals surface area contributed by atoms with Gasteiger partial charge in [0.15, 0.2) is 0 Å². The third-order valence-electron chi connectivity index (χ3n) is 3.68. The van der Waals surface area contributed by atoms with Gasteiger partial charge in [-0.05, 0) is 45.2 Å². The predicted molar refractivity (Wildman–Crippen MR) is 92.1 cm³/mol. The van der Waals surface area contributed by atoms with Crippen molar-refractivity contribution in [1.82, 2.24) is 10.6 Å². The Balaban J connectivity index is 2.00. The maximum Gasteiger partial charge on any atom is 0.408 e. The molecule has 0 aromatic heterocycles. The van der Waals surface area contributed by atoms with Crippen LogP contribution in [0.3, 0.4) is 0 Å². The summed E-state index contributed by atoms with van der Waals surface area (Å²) in [7, 11) is 0. The van der Waals surface area contributed by atoms with Gasteiger partial charge in [-0.2, -0.15) is 0 Å². The van der Waals surface area contributed by atoms with Crippen LogP contribution in [-0.2, 0) is 4.74 Å². The summed E-state index contributed by atoms with van der Waals surface area (Å²) in [5, 5.41) is 5.93. The molecule has 1 aliphatic rings. The van der Waals surface area contributed by atoms with Gasteiger partial charge in [0.05, 0.1) is 11.0 Å². The molecule has 4 nitrogen and oxygen atoms in total. The Bertz CT molecular complexity index is 586. The van der Waals surface area contributed by atoms with Crippen LogP contribution in [0.2, 0.25) is 0 Å². The molecule has 1 fully saturated rings. The van der Waals surface area contributed by atoms with Gasteiger partial charge in [0.25, 0.3) is 0 Å². The molecular weight excluding hydrogens is 315 g/mol. The lowest BCUT2D eigenvalue weighted by molar-refractivity contribution is 0.0516. The number of halogens is 1. The zero-order valence-electron chi connectivity index (χ0n) is 13.7. The first-order valence-electron chi connectivity index (χ1n) is 7.78. The Labute approximate surface area is 141 Å². The monoisotopic (exact) mass is 338 g/mol. The van der Waals surface area contributed by atoms with E-state index in [4.69, 9.17) is 17.0 Å². The maximum atomic E-state index is 13.9. The second-order valence-corrected chi connectivity index (χ2v) is 7.18. The largest absolute Gasteiger partial charge is 0.444 e. The molecule has 2 N–H and O–H groups in total. The van der Waals surface area contributed by atoms with E-state index >= 15 is 0 Å². The summed E-state index contributed by atoms with van der Waals surface area (Å²) in [5.41, 5.74) is 0.125. The van der Waals surface area contributed by atoms with Crippen LogP contribution in [0.25, 0.3) is 0 Å². The van der Waals surface area contributed by atoms with Gasteiger partial charge in [0, 0.05) is 12.5 Å². The number of carbonyl (C=O) groups is 1. The first-order valence-corrected chi connectivity index (χ1v) is 8.19. The van der Waals surface area contributed by atoms with E-state index in [0.717, 1.165) is 6.42 Å². The smallest absolute Gasteiger partial charge is 0.408 e. The van der Waals surface area contributed by atoms with Crippen LogP contribution >= 0.6 is 12.2 Å². The molecule has 0 spiro atoms. The van der Waals surface area contributed by atoms with Gasteiger partial charge in [-0.3, -0.25) is 0 Å². The van der Waals surface area contributed by atoms with Crippen LogP contribution in [0.5, 0.6) is 0 Å². The molecule has 0 aliphatic carbocycles. The van der Waals surface area contributed by atoms with E-state index in [0.29, 0.717) is 23.5 Å². The number of hydrogen-bond acceptors (Lipinski definition) is 3. The number of rotatable bonds is 2. The number of nitrogens with one attached hydrogen (secondary N) is 2. The van der Waals surface area contributed by atoms with E-state index in [1.54, 1.807) is 12.1 Å². The van der Waals surface area contributed by atoms with Gasteiger partial charge in [-0.1, -0.05) is 30.4 Å². The summed E-state index contributed by atoms with van der Waals surface area (Å²) in [6.07, 6.45) is 0.884. The lowest BCUT2D eigenvalue weighted by Crippen LogP contribution is -2.46. The zero-order chi connectivity index (χ0) is 17.0. The first kappa shape index (κ1) is 17.7. The van der Waals surface area contributed by atoms with Crippen molar-refractivity contribution in [3.63, 3.8) is 0 Å². The van der Waals surface area contributed by atoms with E-state index in [9.17, 15) is 9.18 Å². The molecule has 23 heavy (non-hydrogen) atoms. The normalized spacial score (nSPS) is 22.0. The van der Waals surface area contributed by atoms with E-state index < -0.39 is 11.7 Å². The SMILES string of the molecule is CC(C)(C)OC(=O)N[C@@H]1CC[C@@H](c2ccccc2F)CNC1=S. The third-order valence-corrected chi connectivity index (χ3v) is 4.11. The van der Waals surface area contributed by atoms with Crippen LogP contribution in [-0.4, -0.2) is 29.3 Å².